The van der Waals surface area contributed by atoms with Gasteiger partial charge in [0.25, 0.3) is 0 Å². The summed E-state index contributed by atoms with van der Waals surface area (Å²) in [6.07, 6.45) is 3.67. The van der Waals surface area contributed by atoms with Gasteiger partial charge in [-0.05, 0) is 90.7 Å². The summed E-state index contributed by atoms with van der Waals surface area (Å²) in [4.78, 5) is 0. The number of methoxy groups -OCH3 is 4. The van der Waals surface area contributed by atoms with Crippen molar-refractivity contribution in [2.75, 3.05) is 28.4 Å². The fourth-order valence-corrected chi connectivity index (χ4v) is 11.2. The molecule has 1 aliphatic carbocycles. The molecule has 0 saturated heterocycles. The molecule has 0 heterocycles. The monoisotopic (exact) mass is 904 g/mol. The summed E-state index contributed by atoms with van der Waals surface area (Å²) in [5.74, 6) is 3.43. The van der Waals surface area contributed by atoms with E-state index in [4.69, 9.17) is 44.2 Å². The predicted molar refractivity (Wildman–Crippen MR) is 276 cm³/mol. The third-order valence-electron chi connectivity index (χ3n) is 13.2. The standard InChI is InChI=1S/C60H56O4S2/c1-61-55-43-19-17-20-44(55)36-48-32-42(40-60(66,53-27-13-7-14-28-53)54-29-15-8-16-30-54)34-50(58(48)64-4)38-46-22-18-21-45(56(46)62-2)37-49-33-41(31-47(35-43)57(49)63-3)39-59(65,51-23-9-5-10-24-51)52-25-11-6-12-26-52/h5-34,65-66H,35-40H2,1-4H3. The van der Waals surface area contributed by atoms with Crippen LogP contribution in [0.2, 0.25) is 0 Å². The van der Waals surface area contributed by atoms with Gasteiger partial charge in [0.1, 0.15) is 23.0 Å². The zero-order chi connectivity index (χ0) is 45.7. The number of benzene rings is 8. The molecule has 0 aromatic heterocycles. The van der Waals surface area contributed by atoms with Crippen molar-refractivity contribution >= 4 is 25.3 Å². The second-order valence-corrected chi connectivity index (χ2v) is 18.9. The number of rotatable bonds is 12. The Kier molecular flexibility index (Phi) is 13.3. The fraction of sp³-hybridized carbons (Fsp3) is 0.200. The Hall–Kier alpha value is -6.34. The Morgan fingerprint density at radius 1 is 0.318 bits per heavy atom. The van der Waals surface area contributed by atoms with Gasteiger partial charge in [-0.15, -0.1) is 0 Å². The van der Waals surface area contributed by atoms with Crippen LogP contribution >= 0.6 is 25.3 Å². The van der Waals surface area contributed by atoms with Crippen molar-refractivity contribution in [3.8, 4) is 23.0 Å². The molecule has 0 amide bonds. The lowest BCUT2D eigenvalue weighted by molar-refractivity contribution is 0.395. The van der Waals surface area contributed by atoms with Gasteiger partial charge in [-0.2, -0.15) is 25.3 Å². The first-order valence-corrected chi connectivity index (χ1v) is 23.5. The molecule has 66 heavy (non-hydrogen) atoms. The van der Waals surface area contributed by atoms with Crippen molar-refractivity contribution in [3.05, 3.63) is 260 Å². The van der Waals surface area contributed by atoms with Crippen LogP contribution in [0.3, 0.4) is 0 Å². The van der Waals surface area contributed by atoms with E-state index < -0.39 is 9.49 Å². The van der Waals surface area contributed by atoms with E-state index in [9.17, 15) is 0 Å². The first-order chi connectivity index (χ1) is 32.2. The van der Waals surface area contributed by atoms with E-state index in [1.807, 2.05) is 0 Å². The molecule has 6 heteroatoms. The van der Waals surface area contributed by atoms with Gasteiger partial charge in [-0.3, -0.25) is 0 Å². The van der Waals surface area contributed by atoms with Gasteiger partial charge in [0, 0.05) is 25.7 Å². The van der Waals surface area contributed by atoms with Crippen LogP contribution in [-0.4, -0.2) is 28.4 Å². The third kappa shape index (κ3) is 8.97. The fourth-order valence-electron chi connectivity index (χ4n) is 10.3. The Morgan fingerprint density at radius 2 is 0.545 bits per heavy atom. The molecule has 332 valence electrons. The van der Waals surface area contributed by atoms with Crippen LogP contribution in [0.4, 0.5) is 0 Å². The van der Waals surface area contributed by atoms with E-state index in [1.54, 1.807) is 28.4 Å². The lowest BCUT2D eigenvalue weighted by Gasteiger charge is -2.31. The zero-order valence-corrected chi connectivity index (χ0v) is 39.9. The second kappa shape index (κ2) is 19.6. The van der Waals surface area contributed by atoms with Crippen molar-refractivity contribution < 1.29 is 18.9 Å². The van der Waals surface area contributed by atoms with Gasteiger partial charge in [0.2, 0.25) is 0 Å². The van der Waals surface area contributed by atoms with Crippen LogP contribution in [0.15, 0.2) is 182 Å². The molecule has 0 fully saturated rings. The van der Waals surface area contributed by atoms with Gasteiger partial charge in [-0.25, -0.2) is 0 Å². The lowest BCUT2D eigenvalue weighted by atomic mass is 9.82. The smallest absolute Gasteiger partial charge is 0.125 e. The van der Waals surface area contributed by atoms with Crippen LogP contribution in [0.5, 0.6) is 23.0 Å². The number of thiol groups is 2. The topological polar surface area (TPSA) is 36.9 Å². The summed E-state index contributed by atoms with van der Waals surface area (Å²) < 4.78 is 24.5. The molecule has 0 spiro atoms. The maximum atomic E-state index is 6.42. The molecular formula is C60H56O4S2. The maximum absolute atomic E-state index is 6.42. The van der Waals surface area contributed by atoms with Crippen molar-refractivity contribution in [1.29, 1.82) is 0 Å². The van der Waals surface area contributed by atoms with Gasteiger partial charge in [0.15, 0.2) is 0 Å². The van der Waals surface area contributed by atoms with E-state index in [0.717, 1.165) is 101 Å². The third-order valence-corrected chi connectivity index (χ3v) is 14.6. The van der Waals surface area contributed by atoms with Crippen molar-refractivity contribution in [2.45, 2.75) is 48.0 Å². The molecule has 0 N–H and O–H groups in total. The van der Waals surface area contributed by atoms with Crippen molar-refractivity contribution in [2.24, 2.45) is 0 Å². The van der Waals surface area contributed by atoms with E-state index in [1.165, 1.54) is 0 Å². The summed E-state index contributed by atoms with van der Waals surface area (Å²) >= 11 is 11.1. The van der Waals surface area contributed by atoms with Crippen LogP contribution < -0.4 is 18.9 Å². The van der Waals surface area contributed by atoms with Gasteiger partial charge >= 0.3 is 0 Å². The highest BCUT2D eigenvalue weighted by Gasteiger charge is 2.33. The number of hydrogen-bond acceptors (Lipinski definition) is 6. The number of fused-ring (bicyclic) bond motifs is 8. The molecule has 0 aliphatic heterocycles. The highest BCUT2D eigenvalue weighted by atomic mass is 32.1. The Balaban J connectivity index is 1.22. The molecule has 0 unspecified atom stereocenters. The lowest BCUT2D eigenvalue weighted by Crippen LogP contribution is -2.24. The second-order valence-electron chi connectivity index (χ2n) is 17.4. The zero-order valence-electron chi connectivity index (χ0n) is 38.1. The highest BCUT2D eigenvalue weighted by molar-refractivity contribution is 7.81. The van der Waals surface area contributed by atoms with Gasteiger partial charge in [0.05, 0.1) is 37.9 Å². The van der Waals surface area contributed by atoms with Gasteiger partial charge < -0.3 is 18.9 Å². The average Bonchev–Trinajstić information content (AvgIpc) is 3.35. The number of hydrogen-bond donors (Lipinski definition) is 2. The summed E-state index contributed by atoms with van der Waals surface area (Å²) in [7, 11) is 7.12. The summed E-state index contributed by atoms with van der Waals surface area (Å²) in [6.45, 7) is 0. The number of ether oxygens (including phenoxy) is 4. The molecule has 0 radical (unpaired) electrons. The average molecular weight is 905 g/mol. The molecular weight excluding hydrogens is 849 g/mol. The first kappa shape index (κ1) is 44.8. The molecule has 1 aliphatic rings. The minimum atomic E-state index is -0.600. The maximum Gasteiger partial charge on any atom is 0.125 e. The minimum absolute atomic E-state index is 0.590. The highest BCUT2D eigenvalue weighted by Crippen LogP contribution is 2.45. The van der Waals surface area contributed by atoms with Crippen molar-refractivity contribution in [1.82, 2.24) is 0 Å². The Bertz CT molecular complexity index is 2560. The molecule has 9 rings (SSSR count). The molecule has 0 atom stereocenters. The predicted octanol–water partition coefficient (Wildman–Crippen LogP) is 13.2. The molecule has 4 nitrogen and oxygen atoms in total. The SMILES string of the molecule is COc1c2cccc1Cc1cc(CC(S)(c3ccccc3)c3ccccc3)cc(c1OC)Cc1cccc(c1OC)Cc1cc(CC(S)(c3ccccc3)c3ccccc3)cc(c1OC)C2. The molecule has 8 aromatic rings. The molecule has 0 saturated carbocycles. The Labute approximate surface area is 401 Å². The first-order valence-electron chi connectivity index (χ1n) is 22.6. The molecule has 8 aromatic carbocycles. The van der Waals surface area contributed by atoms with Crippen LogP contribution in [-0.2, 0) is 48.0 Å². The van der Waals surface area contributed by atoms with E-state index in [0.29, 0.717) is 38.5 Å². The quantitative estimate of drug-likeness (QED) is 0.120. The van der Waals surface area contributed by atoms with E-state index in [-0.39, 0.29) is 0 Å². The van der Waals surface area contributed by atoms with Crippen LogP contribution in [0.1, 0.15) is 77.9 Å². The van der Waals surface area contributed by atoms with E-state index in [2.05, 4.69) is 182 Å². The summed E-state index contributed by atoms with van der Waals surface area (Å²) in [6, 6.07) is 64.6. The minimum Gasteiger partial charge on any atom is -0.496 e. The largest absolute Gasteiger partial charge is 0.496 e. The van der Waals surface area contributed by atoms with Crippen molar-refractivity contribution in [3.63, 3.8) is 0 Å². The molecule has 8 bridgehead atoms. The summed E-state index contributed by atoms with van der Waals surface area (Å²) in [5.41, 5.74) is 15.5. The van der Waals surface area contributed by atoms with E-state index >= 15 is 0 Å². The van der Waals surface area contributed by atoms with Crippen LogP contribution in [0, 0.1) is 0 Å². The van der Waals surface area contributed by atoms with Gasteiger partial charge in [-0.1, -0.05) is 182 Å². The van der Waals surface area contributed by atoms with Crippen LogP contribution in [0.25, 0.3) is 0 Å². The Morgan fingerprint density at radius 3 is 0.773 bits per heavy atom. The number of para-hydroxylation sites is 2. The summed E-state index contributed by atoms with van der Waals surface area (Å²) in [5, 5.41) is 0. The normalized spacial score (nSPS) is 12.6.